The van der Waals surface area contributed by atoms with Gasteiger partial charge in [0.1, 0.15) is 5.56 Å². The van der Waals surface area contributed by atoms with E-state index < -0.39 is 34.5 Å². The molecule has 0 saturated heterocycles. The first-order valence-corrected chi connectivity index (χ1v) is 7.10. The van der Waals surface area contributed by atoms with Crippen molar-refractivity contribution in [1.29, 1.82) is 0 Å². The van der Waals surface area contributed by atoms with E-state index in [1.54, 1.807) is 25.1 Å². The van der Waals surface area contributed by atoms with Crippen LogP contribution in [-0.4, -0.2) is 20.0 Å². The van der Waals surface area contributed by atoms with Gasteiger partial charge in [-0.3, -0.25) is 14.2 Å². The van der Waals surface area contributed by atoms with E-state index in [4.69, 9.17) is 0 Å². The van der Waals surface area contributed by atoms with Crippen LogP contribution in [0.1, 0.15) is 35.8 Å². The number of aryl methyl sites for hydroxylation is 1. The monoisotopic (exact) mass is 314 g/mol. The summed E-state index contributed by atoms with van der Waals surface area (Å²) in [4.78, 5) is 37.1. The standard InChI is InChI=1S/C17H18N2O4/c1-5-11(3)18-15(21)14(12(4)20)16(22)19(17(18)23)13-8-6-7-10(2)9-13/h5-9,11,21H,1H2,2-4H3. The minimum absolute atomic E-state index is 0.340. The Morgan fingerprint density at radius 2 is 2.00 bits per heavy atom. The van der Waals surface area contributed by atoms with Crippen molar-refractivity contribution >= 4 is 5.78 Å². The molecule has 0 aliphatic carbocycles. The topological polar surface area (TPSA) is 81.3 Å². The molecule has 0 amide bonds. The molecule has 1 heterocycles. The smallest absolute Gasteiger partial charge is 0.339 e. The summed E-state index contributed by atoms with van der Waals surface area (Å²) in [6, 6.07) is 6.20. The number of hydrogen-bond donors (Lipinski definition) is 1. The Kier molecular flexibility index (Phi) is 4.36. The number of Topliss-reactive ketones (excluding diaryl/α,β-unsaturated/α-hetero) is 1. The van der Waals surface area contributed by atoms with Gasteiger partial charge in [0, 0.05) is 0 Å². The maximum Gasteiger partial charge on any atom is 0.339 e. The van der Waals surface area contributed by atoms with Crippen molar-refractivity contribution in [2.24, 2.45) is 0 Å². The first-order valence-electron chi connectivity index (χ1n) is 7.10. The van der Waals surface area contributed by atoms with Gasteiger partial charge < -0.3 is 5.11 Å². The Morgan fingerprint density at radius 3 is 2.52 bits per heavy atom. The number of nitrogens with zero attached hydrogens (tertiary/aromatic N) is 2. The number of carbonyl (C=O) groups excluding carboxylic acids is 1. The van der Waals surface area contributed by atoms with E-state index in [2.05, 4.69) is 6.58 Å². The lowest BCUT2D eigenvalue weighted by molar-refractivity contribution is 0.101. The minimum atomic E-state index is -0.835. The van der Waals surface area contributed by atoms with E-state index in [1.807, 2.05) is 13.0 Å². The van der Waals surface area contributed by atoms with E-state index in [9.17, 15) is 19.5 Å². The van der Waals surface area contributed by atoms with Crippen molar-refractivity contribution in [1.82, 2.24) is 9.13 Å². The number of allylic oxidation sites excluding steroid dienone is 1. The lowest BCUT2D eigenvalue weighted by Crippen LogP contribution is -2.42. The third kappa shape index (κ3) is 2.75. The van der Waals surface area contributed by atoms with Crippen molar-refractivity contribution in [2.45, 2.75) is 26.8 Å². The minimum Gasteiger partial charge on any atom is -0.494 e. The second-order valence-electron chi connectivity index (χ2n) is 5.36. The molecule has 1 aromatic carbocycles. The Hall–Kier alpha value is -2.89. The zero-order valence-electron chi connectivity index (χ0n) is 13.2. The average molecular weight is 314 g/mol. The van der Waals surface area contributed by atoms with Gasteiger partial charge in [-0.25, -0.2) is 9.36 Å². The molecule has 23 heavy (non-hydrogen) atoms. The summed E-state index contributed by atoms with van der Waals surface area (Å²) >= 11 is 0. The highest BCUT2D eigenvalue weighted by Crippen LogP contribution is 2.18. The molecular formula is C17H18N2O4. The number of aromatic hydroxyl groups is 1. The number of carbonyl (C=O) groups is 1. The largest absolute Gasteiger partial charge is 0.494 e. The second kappa shape index (κ2) is 6.08. The lowest BCUT2D eigenvalue weighted by Gasteiger charge is -2.17. The number of rotatable bonds is 4. The molecule has 0 aliphatic rings. The Bertz CT molecular complexity index is 906. The highest BCUT2D eigenvalue weighted by molar-refractivity contribution is 5.95. The molecule has 0 aliphatic heterocycles. The molecule has 6 heteroatoms. The van der Waals surface area contributed by atoms with Crippen molar-refractivity contribution in [3.05, 3.63) is 68.9 Å². The molecule has 2 rings (SSSR count). The van der Waals surface area contributed by atoms with E-state index in [0.717, 1.165) is 14.7 Å². The van der Waals surface area contributed by atoms with E-state index in [1.165, 1.54) is 13.0 Å². The molecule has 120 valence electrons. The fourth-order valence-corrected chi connectivity index (χ4v) is 2.39. The van der Waals surface area contributed by atoms with Crippen LogP contribution in [0, 0.1) is 6.92 Å². The summed E-state index contributed by atoms with van der Waals surface area (Å²) < 4.78 is 1.87. The average Bonchev–Trinajstić information content (AvgIpc) is 2.46. The highest BCUT2D eigenvalue weighted by Gasteiger charge is 2.24. The molecule has 6 nitrogen and oxygen atoms in total. The van der Waals surface area contributed by atoms with Gasteiger partial charge in [0.25, 0.3) is 5.56 Å². The summed E-state index contributed by atoms with van der Waals surface area (Å²) in [6.45, 7) is 8.21. The van der Waals surface area contributed by atoms with Gasteiger partial charge in [0.2, 0.25) is 5.88 Å². The summed E-state index contributed by atoms with van der Waals surface area (Å²) in [6.07, 6.45) is 1.44. The second-order valence-corrected chi connectivity index (χ2v) is 5.36. The van der Waals surface area contributed by atoms with Gasteiger partial charge in [-0.1, -0.05) is 18.2 Å². The predicted molar refractivity (Wildman–Crippen MR) is 87.6 cm³/mol. The quantitative estimate of drug-likeness (QED) is 0.691. The van der Waals surface area contributed by atoms with E-state index in [0.29, 0.717) is 5.69 Å². The third-order valence-corrected chi connectivity index (χ3v) is 3.63. The molecule has 0 fully saturated rings. The fraction of sp³-hybridized carbons (Fsp3) is 0.235. The molecule has 1 aromatic heterocycles. The van der Waals surface area contributed by atoms with Gasteiger partial charge in [0.05, 0.1) is 11.7 Å². The summed E-state index contributed by atoms with van der Waals surface area (Å²) in [5.41, 5.74) is -0.782. The fourth-order valence-electron chi connectivity index (χ4n) is 2.39. The number of hydrogen-bond acceptors (Lipinski definition) is 4. The maximum atomic E-state index is 12.7. The Balaban J connectivity index is 3.01. The van der Waals surface area contributed by atoms with Crippen LogP contribution in [0.3, 0.4) is 0 Å². The Labute approximate surface area is 132 Å². The number of ketones is 1. The van der Waals surface area contributed by atoms with Crippen LogP contribution >= 0.6 is 0 Å². The molecule has 0 bridgehead atoms. The molecule has 1 atom stereocenters. The number of benzene rings is 1. The number of aromatic nitrogens is 2. The summed E-state index contributed by atoms with van der Waals surface area (Å²) in [5, 5.41) is 10.2. The van der Waals surface area contributed by atoms with E-state index >= 15 is 0 Å². The van der Waals surface area contributed by atoms with Gasteiger partial charge in [-0.15, -0.1) is 6.58 Å². The molecule has 0 radical (unpaired) electrons. The SMILES string of the molecule is C=CC(C)n1c(O)c(C(C)=O)c(=O)n(-c2cccc(C)c2)c1=O. The predicted octanol–water partition coefficient (Wildman–Crippen LogP) is 1.96. The van der Waals surface area contributed by atoms with Crippen molar-refractivity contribution in [3.8, 4) is 11.6 Å². The Morgan fingerprint density at radius 1 is 1.35 bits per heavy atom. The van der Waals surface area contributed by atoms with Crippen LogP contribution in [-0.2, 0) is 0 Å². The molecule has 0 spiro atoms. The molecule has 2 aromatic rings. The lowest BCUT2D eigenvalue weighted by atomic mass is 10.2. The molecular weight excluding hydrogens is 296 g/mol. The van der Waals surface area contributed by atoms with Gasteiger partial charge in [-0.2, -0.15) is 0 Å². The van der Waals surface area contributed by atoms with Crippen LogP contribution in [0.5, 0.6) is 5.88 Å². The maximum absolute atomic E-state index is 12.7. The van der Waals surface area contributed by atoms with Crippen LogP contribution in [0.4, 0.5) is 0 Å². The van der Waals surface area contributed by atoms with Crippen LogP contribution in [0.2, 0.25) is 0 Å². The summed E-state index contributed by atoms with van der Waals surface area (Å²) in [7, 11) is 0. The molecule has 1 unspecified atom stereocenters. The zero-order chi connectivity index (χ0) is 17.3. The van der Waals surface area contributed by atoms with Gasteiger partial charge in [0.15, 0.2) is 5.78 Å². The van der Waals surface area contributed by atoms with Crippen LogP contribution < -0.4 is 11.2 Å². The van der Waals surface area contributed by atoms with Crippen molar-refractivity contribution < 1.29 is 9.90 Å². The van der Waals surface area contributed by atoms with Crippen molar-refractivity contribution in [2.75, 3.05) is 0 Å². The first-order chi connectivity index (χ1) is 10.8. The molecule has 0 saturated carbocycles. The normalized spacial score (nSPS) is 12.0. The molecule has 1 N–H and O–H groups in total. The third-order valence-electron chi connectivity index (χ3n) is 3.63. The van der Waals surface area contributed by atoms with Gasteiger partial charge in [-0.05, 0) is 38.5 Å². The summed E-state index contributed by atoms with van der Waals surface area (Å²) in [5.74, 6) is -1.25. The highest BCUT2D eigenvalue weighted by atomic mass is 16.3. The first kappa shape index (κ1) is 16.5. The van der Waals surface area contributed by atoms with Crippen LogP contribution in [0.25, 0.3) is 5.69 Å². The van der Waals surface area contributed by atoms with E-state index in [-0.39, 0.29) is 0 Å². The van der Waals surface area contributed by atoms with Gasteiger partial charge >= 0.3 is 5.69 Å². The van der Waals surface area contributed by atoms with Crippen LogP contribution in [0.15, 0.2) is 46.5 Å². The zero-order valence-corrected chi connectivity index (χ0v) is 13.2. The van der Waals surface area contributed by atoms with Crippen molar-refractivity contribution in [3.63, 3.8) is 0 Å².